The quantitative estimate of drug-likeness (QED) is 0.378. The molecule has 0 heterocycles. The average molecular weight is 329 g/mol. The summed E-state index contributed by atoms with van der Waals surface area (Å²) in [5.41, 5.74) is 7.53. The van der Waals surface area contributed by atoms with Crippen LogP contribution in [0.1, 0.15) is 26.7 Å². The molecule has 0 bridgehead atoms. The number of hydrogen-bond donors (Lipinski definition) is 0. The number of amides is 1. The van der Waals surface area contributed by atoms with Gasteiger partial charge in [-0.3, -0.25) is 6.08 Å². The normalized spacial score (nSPS) is 9.76. The molecule has 0 fully saturated rings. The second-order valence-electron chi connectivity index (χ2n) is 2.85. The summed E-state index contributed by atoms with van der Waals surface area (Å²) in [6, 6.07) is 0. The molecule has 0 aliphatic heterocycles. The van der Waals surface area contributed by atoms with Crippen molar-refractivity contribution in [2.75, 3.05) is 0 Å². The Bertz CT molecular complexity index is 209. The maximum absolute atomic E-state index is 9.48. The molecule has 0 aromatic carbocycles. The van der Waals surface area contributed by atoms with Crippen LogP contribution in [0.4, 0.5) is 0 Å². The summed E-state index contributed by atoms with van der Waals surface area (Å²) in [5.74, 6) is -0.495. The molecule has 1 amide bonds. The van der Waals surface area contributed by atoms with Gasteiger partial charge >= 0.3 is 21.7 Å². The van der Waals surface area contributed by atoms with E-state index in [0.29, 0.717) is 6.42 Å². The predicted octanol–water partition coefficient (Wildman–Crippen LogP) is -2.80. The van der Waals surface area contributed by atoms with Gasteiger partial charge in [0, 0.05) is 15.4 Å². The summed E-state index contributed by atoms with van der Waals surface area (Å²) in [6.07, 6.45) is 8.57. The second-order valence-corrected chi connectivity index (χ2v) is 4.01. The first-order valence-electron chi connectivity index (χ1n) is 4.80. The van der Waals surface area contributed by atoms with E-state index < -0.39 is 5.91 Å². The molecule has 0 saturated carbocycles. The number of halogens is 2. The fourth-order valence-corrected chi connectivity index (χ4v) is 0.499. The molecule has 0 atom stereocenters. The molecule has 0 unspecified atom stereocenters. The molecule has 2 nitrogen and oxygen atoms in total. The molecular weight excluding hydrogens is 309 g/mol. The molecule has 0 spiro atoms. The second kappa shape index (κ2) is 25.3. The zero-order valence-corrected chi connectivity index (χ0v) is 15.0. The zero-order chi connectivity index (χ0) is 11.4. The Labute approximate surface area is 135 Å². The molecule has 17 heavy (non-hydrogen) atoms. The van der Waals surface area contributed by atoms with Crippen LogP contribution in [0.5, 0.6) is 0 Å². The number of carbonyl (C=O) groups is 1. The molecule has 0 saturated heterocycles. The third-order valence-corrected chi connectivity index (χ3v) is 1.19. The van der Waals surface area contributed by atoms with E-state index in [2.05, 4.69) is 32.2 Å². The van der Waals surface area contributed by atoms with Gasteiger partial charge in [0.25, 0.3) is 0 Å². The smallest absolute Gasteiger partial charge is 1.00 e. The molecule has 1 aliphatic carbocycles. The third-order valence-electron chi connectivity index (χ3n) is 1.19. The number of hydrogen-bond acceptors (Lipinski definition) is 1. The number of allylic oxidation sites excluding steroid dienone is 4. The molecule has 1 rings (SSSR count). The van der Waals surface area contributed by atoms with Crippen LogP contribution in [0.15, 0.2) is 17.7 Å². The van der Waals surface area contributed by atoms with Crippen LogP contribution in [-0.4, -0.2) is 15.4 Å². The van der Waals surface area contributed by atoms with E-state index in [4.69, 9.17) is 5.73 Å². The van der Waals surface area contributed by atoms with Gasteiger partial charge in [-0.25, -0.2) is 11.6 Å². The summed E-state index contributed by atoms with van der Waals surface area (Å²) in [5, 5.41) is 0. The Morgan fingerprint density at radius 2 is 1.82 bits per heavy atom. The van der Waals surface area contributed by atoms with Crippen LogP contribution < -0.4 is 24.8 Å². The van der Waals surface area contributed by atoms with Crippen LogP contribution >= 0.6 is 0 Å². The third kappa shape index (κ3) is 38.5. The van der Waals surface area contributed by atoms with Crippen molar-refractivity contribution in [3.63, 3.8) is 0 Å². The Morgan fingerprint density at radius 3 is 1.88 bits per heavy atom. The van der Waals surface area contributed by atoms with Gasteiger partial charge < -0.3 is 35.3 Å². The van der Waals surface area contributed by atoms with Crippen molar-refractivity contribution in [1.82, 2.24) is 0 Å². The first-order valence-corrected chi connectivity index (χ1v) is 7.11. The predicted molar refractivity (Wildman–Crippen MR) is 64.7 cm³/mol. The fourth-order valence-electron chi connectivity index (χ4n) is 0.499. The van der Waals surface area contributed by atoms with Gasteiger partial charge in [0.1, 0.15) is 0 Å². The topological polar surface area (TPSA) is 40.9 Å². The monoisotopic (exact) mass is 328 g/mol. The van der Waals surface area contributed by atoms with Crippen molar-refractivity contribution in [2.45, 2.75) is 39.8 Å². The Kier molecular flexibility index (Phi) is 45.4. The first-order chi connectivity index (χ1) is 6.58. The fraction of sp³-hybridized carbons (Fsp3) is 0.545. The molecule has 1 radical (unpaired) electrons. The number of rotatable bonds is 1. The van der Waals surface area contributed by atoms with E-state index in [1.54, 1.807) is 6.92 Å². The van der Waals surface area contributed by atoms with Gasteiger partial charge in [0.05, 0.1) is 0 Å². The Morgan fingerprint density at radius 1 is 1.47 bits per heavy atom. The largest absolute Gasteiger partial charge is 4.00 e. The summed E-state index contributed by atoms with van der Waals surface area (Å²) < 4.78 is 0. The Hall–Kier alpha value is 0.461. The van der Waals surface area contributed by atoms with Gasteiger partial charge in [-0.05, 0) is 6.42 Å². The maximum Gasteiger partial charge on any atom is 4.00 e. The van der Waals surface area contributed by atoms with Crippen molar-refractivity contribution in [3.8, 4) is 0 Å². The molecule has 97 valence electrons. The number of nitrogens with one attached hydrogen (secondary N) is 1. The van der Waals surface area contributed by atoms with Crippen LogP contribution in [0, 0.1) is 6.08 Å². The maximum atomic E-state index is 9.48. The summed E-state index contributed by atoms with van der Waals surface area (Å²) in [4.78, 5) is 9.48. The van der Waals surface area contributed by atoms with E-state index in [0.717, 1.165) is 15.9 Å². The zero-order valence-electron chi connectivity index (χ0n) is 10.8. The van der Waals surface area contributed by atoms with Crippen molar-refractivity contribution in [3.05, 3.63) is 29.5 Å². The van der Waals surface area contributed by atoms with Gasteiger partial charge in [0.2, 0.25) is 0 Å². The number of carbonyl (C=O) groups excluding carboxylic acids is 1. The van der Waals surface area contributed by atoms with E-state index in [9.17, 15) is 4.79 Å². The van der Waals surface area contributed by atoms with Crippen LogP contribution in [0.2, 0.25) is 13.1 Å². The molecule has 6 heteroatoms. The van der Waals surface area contributed by atoms with Crippen LogP contribution in [0.25, 0.3) is 5.73 Å². The van der Waals surface area contributed by atoms with E-state index >= 15 is 0 Å². The van der Waals surface area contributed by atoms with Gasteiger partial charge in [0.15, 0.2) is 0 Å². The van der Waals surface area contributed by atoms with Crippen molar-refractivity contribution < 1.29 is 51.3 Å². The Balaban J connectivity index is -0.0000000409. The first kappa shape index (κ1) is 30.5. The van der Waals surface area contributed by atoms with Crippen molar-refractivity contribution in [1.29, 1.82) is 0 Å². The van der Waals surface area contributed by atoms with Crippen LogP contribution in [-0.2, 0) is 26.5 Å². The summed E-state index contributed by atoms with van der Waals surface area (Å²) in [7, 11) is 0.750. The molecule has 1 N–H and O–H groups in total. The molecule has 0 aromatic heterocycles. The minimum atomic E-state index is -0.495. The summed E-state index contributed by atoms with van der Waals surface area (Å²) >= 11 is 0. The van der Waals surface area contributed by atoms with Crippen molar-refractivity contribution in [2.24, 2.45) is 0 Å². The van der Waals surface area contributed by atoms with E-state index in [1.807, 2.05) is 6.08 Å². The van der Waals surface area contributed by atoms with Crippen molar-refractivity contribution >= 4 is 15.4 Å². The minimum Gasteiger partial charge on any atom is -1.00 e. The SMILES string of the molecule is CC1=CC[C-]=C1.CCC([NH-])=O.C[SiH]C.[Cl-].[Cl-].[Ti+4]. The van der Waals surface area contributed by atoms with E-state index in [-0.39, 0.29) is 46.5 Å². The minimum absolute atomic E-state index is 0. The molecular formula is C11H20Cl2NOSiTi. The average Bonchev–Trinajstić information content (AvgIpc) is 2.58. The molecule has 1 aliphatic rings. The van der Waals surface area contributed by atoms with Gasteiger partial charge in [-0.1, -0.05) is 20.0 Å². The van der Waals surface area contributed by atoms with Gasteiger partial charge in [-0.2, -0.15) is 6.08 Å². The summed E-state index contributed by atoms with van der Waals surface area (Å²) in [6.45, 7) is 8.16. The standard InChI is InChI=1S/C6H7.C3H7NO.C2H7Si.2ClH.Ti/c1-6-4-2-3-5-6;1-2-3(4)5;1-3-2;;;/h4-5H,2H2,1H3;2H2,1H3,(H2,4,5);3H,1-2H3;2*1H;/q-1;;;;;+4/p-3. The van der Waals surface area contributed by atoms with E-state index in [1.165, 1.54) is 5.57 Å². The molecule has 0 aromatic rings. The van der Waals surface area contributed by atoms with Gasteiger partial charge in [-0.15, -0.1) is 13.3 Å². The van der Waals surface area contributed by atoms with Crippen LogP contribution in [0.3, 0.4) is 0 Å².